The summed E-state index contributed by atoms with van der Waals surface area (Å²) in [5.41, 5.74) is 0. The lowest BCUT2D eigenvalue weighted by molar-refractivity contribution is -0.592. The Balaban J connectivity index is 2.36. The number of rotatable bonds is 0. The zero-order valence-electron chi connectivity index (χ0n) is 4.59. The Labute approximate surface area is 43.8 Å². The maximum absolute atomic E-state index is 2.18. The van der Waals surface area contributed by atoms with E-state index < -0.39 is 0 Å². The van der Waals surface area contributed by atoms with E-state index >= 15 is 0 Å². The van der Waals surface area contributed by atoms with E-state index in [4.69, 9.17) is 0 Å². The highest BCUT2D eigenvalue weighted by Gasteiger charge is 1.96. The molecular weight excluding hydrogens is 88.1 g/mol. The molecule has 1 heterocycles. The predicted molar refractivity (Wildman–Crippen MR) is 28.6 cm³/mol. The molecule has 2 N–H and O–H groups in total. The van der Waals surface area contributed by atoms with Crippen molar-refractivity contribution in [2.24, 2.45) is 0 Å². The van der Waals surface area contributed by atoms with E-state index in [9.17, 15) is 0 Å². The fourth-order valence-corrected chi connectivity index (χ4v) is 0.657. The molecule has 0 saturated carbocycles. The van der Waals surface area contributed by atoms with Crippen LogP contribution < -0.4 is 5.32 Å². The van der Waals surface area contributed by atoms with Gasteiger partial charge in [0.15, 0.2) is 0 Å². The summed E-state index contributed by atoms with van der Waals surface area (Å²) >= 11 is 0. The average molecular weight is 99.2 g/mol. The highest BCUT2D eigenvalue weighted by Crippen LogP contribution is 1.79. The number of nitrogens with zero attached hydrogens (tertiary/aromatic N) is 1. The molecule has 1 aliphatic heterocycles. The summed E-state index contributed by atoms with van der Waals surface area (Å²) in [6.45, 7) is 2.38. The van der Waals surface area contributed by atoms with Crippen molar-refractivity contribution in [2.45, 2.75) is 0 Å². The van der Waals surface area contributed by atoms with Crippen molar-refractivity contribution < 1.29 is 5.32 Å². The lowest BCUT2D eigenvalue weighted by Gasteiger charge is -2.14. The van der Waals surface area contributed by atoms with Crippen LogP contribution in [0.1, 0.15) is 0 Å². The van der Waals surface area contributed by atoms with E-state index in [1.54, 1.807) is 0 Å². The zero-order chi connectivity index (χ0) is 5.11. The van der Waals surface area contributed by atoms with Crippen molar-refractivity contribution in [3.63, 3.8) is 0 Å². The first kappa shape index (κ1) is 4.65. The minimum atomic E-state index is 1.18. The molecule has 1 rings (SSSR count). The van der Waals surface area contributed by atoms with Crippen LogP contribution in [0.4, 0.5) is 0 Å². The standard InChI is InChI=1S/C5H10N2/c1-7-4-2-6-3-5-7/h2,4,6H,3,5H2,1H3/p+1. The third-order valence-electron chi connectivity index (χ3n) is 1.13. The Morgan fingerprint density at radius 2 is 2.57 bits per heavy atom. The summed E-state index contributed by atoms with van der Waals surface area (Å²) in [7, 11) is 2.09. The number of nitrogens with two attached hydrogens (primary N) is 1. The van der Waals surface area contributed by atoms with Crippen molar-refractivity contribution in [1.29, 1.82) is 0 Å². The number of likely N-dealkylation sites (N-methyl/N-ethyl adjacent to an activating group) is 1. The van der Waals surface area contributed by atoms with E-state index in [2.05, 4.69) is 29.7 Å². The molecule has 0 saturated heterocycles. The summed E-state index contributed by atoms with van der Waals surface area (Å²) in [5, 5.41) is 2.18. The highest BCUT2D eigenvalue weighted by atomic mass is 15.1. The van der Waals surface area contributed by atoms with Gasteiger partial charge in [-0.25, -0.2) is 0 Å². The first-order chi connectivity index (χ1) is 3.39. The fraction of sp³-hybridized carbons (Fsp3) is 0.600. The zero-order valence-corrected chi connectivity index (χ0v) is 4.59. The van der Waals surface area contributed by atoms with Crippen LogP contribution >= 0.6 is 0 Å². The fourth-order valence-electron chi connectivity index (χ4n) is 0.657. The molecular formula is C5H11N2+. The van der Waals surface area contributed by atoms with Gasteiger partial charge < -0.3 is 10.2 Å². The molecule has 2 nitrogen and oxygen atoms in total. The van der Waals surface area contributed by atoms with Crippen LogP contribution in [0.25, 0.3) is 0 Å². The Bertz CT molecular complexity index is 78.1. The molecule has 0 aliphatic carbocycles. The molecule has 0 spiro atoms. The first-order valence-electron chi connectivity index (χ1n) is 2.60. The smallest absolute Gasteiger partial charge is 0.109 e. The SMILES string of the molecule is CN1C=C[NH2+]CC1. The predicted octanol–water partition coefficient (Wildman–Crippen LogP) is -1.03. The van der Waals surface area contributed by atoms with Gasteiger partial charge in [-0.05, 0) is 0 Å². The minimum absolute atomic E-state index is 1.18. The summed E-state index contributed by atoms with van der Waals surface area (Å²) in [4.78, 5) is 2.18. The van der Waals surface area contributed by atoms with Crippen molar-refractivity contribution in [1.82, 2.24) is 4.90 Å². The number of hydrogen-bond acceptors (Lipinski definition) is 1. The van der Waals surface area contributed by atoms with Gasteiger partial charge in [0.05, 0.1) is 19.3 Å². The van der Waals surface area contributed by atoms with Crippen molar-refractivity contribution in [3.8, 4) is 0 Å². The van der Waals surface area contributed by atoms with Gasteiger partial charge >= 0.3 is 0 Å². The van der Waals surface area contributed by atoms with Gasteiger partial charge in [-0.15, -0.1) is 0 Å². The summed E-state index contributed by atoms with van der Waals surface area (Å²) in [5.74, 6) is 0. The maximum Gasteiger partial charge on any atom is 0.109 e. The van der Waals surface area contributed by atoms with E-state index in [0.29, 0.717) is 0 Å². The summed E-state index contributed by atoms with van der Waals surface area (Å²) in [6.07, 6.45) is 4.17. The molecule has 2 heteroatoms. The number of quaternary nitrogens is 1. The van der Waals surface area contributed by atoms with Crippen LogP contribution in [0, 0.1) is 0 Å². The Morgan fingerprint density at radius 3 is 2.86 bits per heavy atom. The van der Waals surface area contributed by atoms with Crippen LogP contribution in [0.5, 0.6) is 0 Å². The van der Waals surface area contributed by atoms with Gasteiger partial charge in [-0.2, -0.15) is 0 Å². The van der Waals surface area contributed by atoms with E-state index in [0.717, 1.165) is 0 Å². The van der Waals surface area contributed by atoms with Gasteiger partial charge in [0.1, 0.15) is 6.20 Å². The molecule has 7 heavy (non-hydrogen) atoms. The Hall–Kier alpha value is -0.500. The van der Waals surface area contributed by atoms with Gasteiger partial charge in [0.2, 0.25) is 0 Å². The molecule has 0 atom stereocenters. The minimum Gasteiger partial charge on any atom is -0.371 e. The maximum atomic E-state index is 2.18. The van der Waals surface area contributed by atoms with Gasteiger partial charge in [-0.1, -0.05) is 0 Å². The summed E-state index contributed by atoms with van der Waals surface area (Å²) in [6, 6.07) is 0. The molecule has 1 aliphatic rings. The molecule has 0 amide bonds. The van der Waals surface area contributed by atoms with Crippen LogP contribution in [0.3, 0.4) is 0 Å². The monoisotopic (exact) mass is 99.1 g/mol. The lowest BCUT2D eigenvalue weighted by Crippen LogP contribution is -2.81. The van der Waals surface area contributed by atoms with Gasteiger partial charge in [0.25, 0.3) is 0 Å². The van der Waals surface area contributed by atoms with Crippen molar-refractivity contribution in [3.05, 3.63) is 12.4 Å². The van der Waals surface area contributed by atoms with Gasteiger partial charge in [0, 0.05) is 7.05 Å². The van der Waals surface area contributed by atoms with Crippen molar-refractivity contribution >= 4 is 0 Å². The largest absolute Gasteiger partial charge is 0.371 e. The van der Waals surface area contributed by atoms with Crippen LogP contribution in [0.2, 0.25) is 0 Å². The topological polar surface area (TPSA) is 19.9 Å². The number of hydrogen-bond donors (Lipinski definition) is 1. The third-order valence-corrected chi connectivity index (χ3v) is 1.13. The average Bonchev–Trinajstić information content (AvgIpc) is 1.69. The molecule has 0 aromatic carbocycles. The summed E-state index contributed by atoms with van der Waals surface area (Å²) < 4.78 is 0. The normalized spacial score (nSPS) is 20.4. The molecule has 0 radical (unpaired) electrons. The molecule has 0 fully saturated rings. The van der Waals surface area contributed by atoms with E-state index in [1.807, 2.05) is 0 Å². The Kier molecular flexibility index (Phi) is 1.32. The Morgan fingerprint density at radius 1 is 1.71 bits per heavy atom. The molecule has 0 aromatic heterocycles. The first-order valence-corrected chi connectivity index (χ1v) is 2.60. The quantitative estimate of drug-likeness (QED) is 0.411. The second-order valence-corrected chi connectivity index (χ2v) is 1.85. The van der Waals surface area contributed by atoms with E-state index in [-0.39, 0.29) is 0 Å². The van der Waals surface area contributed by atoms with Gasteiger partial charge in [-0.3, -0.25) is 0 Å². The molecule has 0 aromatic rings. The lowest BCUT2D eigenvalue weighted by atomic mass is 10.5. The second-order valence-electron chi connectivity index (χ2n) is 1.85. The molecule has 0 unspecified atom stereocenters. The second kappa shape index (κ2) is 1.98. The van der Waals surface area contributed by atoms with Crippen molar-refractivity contribution in [2.75, 3.05) is 20.1 Å². The molecule has 0 bridgehead atoms. The third kappa shape index (κ3) is 1.20. The van der Waals surface area contributed by atoms with E-state index in [1.165, 1.54) is 13.1 Å². The molecule has 40 valence electrons. The van der Waals surface area contributed by atoms with Crippen LogP contribution in [0.15, 0.2) is 12.4 Å². The van der Waals surface area contributed by atoms with Crippen LogP contribution in [-0.4, -0.2) is 25.0 Å². The van der Waals surface area contributed by atoms with Crippen LogP contribution in [-0.2, 0) is 0 Å². The highest BCUT2D eigenvalue weighted by molar-refractivity contribution is 4.72.